The van der Waals surface area contributed by atoms with Crippen molar-refractivity contribution in [2.45, 2.75) is 32.4 Å². The van der Waals surface area contributed by atoms with Gasteiger partial charge in [-0.05, 0) is 72.6 Å². The molecular formula is C28H27ClN2O5. The lowest BCUT2D eigenvalue weighted by molar-refractivity contribution is -0.122. The van der Waals surface area contributed by atoms with Crippen LogP contribution in [0, 0.1) is 0 Å². The fourth-order valence-corrected chi connectivity index (χ4v) is 4.18. The first-order valence-electron chi connectivity index (χ1n) is 11.7. The van der Waals surface area contributed by atoms with Crippen LogP contribution in [0.5, 0.6) is 11.5 Å². The molecule has 1 aliphatic rings. The van der Waals surface area contributed by atoms with Crippen molar-refractivity contribution in [3.05, 3.63) is 88.9 Å². The van der Waals surface area contributed by atoms with Crippen molar-refractivity contribution >= 4 is 35.0 Å². The van der Waals surface area contributed by atoms with E-state index in [1.807, 2.05) is 19.1 Å². The van der Waals surface area contributed by atoms with Gasteiger partial charge in [0.15, 0.2) is 0 Å². The molecule has 1 atom stereocenters. The number of hydrogen-bond acceptors (Lipinski definition) is 5. The van der Waals surface area contributed by atoms with Gasteiger partial charge >= 0.3 is 0 Å². The first-order valence-corrected chi connectivity index (χ1v) is 12.1. The van der Waals surface area contributed by atoms with Gasteiger partial charge in [0.25, 0.3) is 11.8 Å². The average Bonchev–Trinajstić information content (AvgIpc) is 3.20. The van der Waals surface area contributed by atoms with E-state index in [4.69, 9.17) is 21.1 Å². The van der Waals surface area contributed by atoms with Crippen molar-refractivity contribution in [2.75, 3.05) is 18.6 Å². The van der Waals surface area contributed by atoms with Crippen LogP contribution < -0.4 is 14.4 Å². The zero-order valence-electron chi connectivity index (χ0n) is 20.1. The van der Waals surface area contributed by atoms with Gasteiger partial charge in [0.2, 0.25) is 5.91 Å². The molecule has 1 heterocycles. The Morgan fingerprint density at radius 2 is 1.61 bits per heavy atom. The van der Waals surface area contributed by atoms with E-state index < -0.39 is 11.9 Å². The molecule has 186 valence electrons. The zero-order valence-corrected chi connectivity index (χ0v) is 20.9. The van der Waals surface area contributed by atoms with E-state index in [-0.39, 0.29) is 24.8 Å². The molecule has 3 aromatic carbocycles. The molecule has 0 aliphatic carbocycles. The first kappa shape index (κ1) is 25.3. The molecule has 1 saturated heterocycles. The lowest BCUT2D eigenvalue weighted by Crippen LogP contribution is -2.45. The Morgan fingerprint density at radius 3 is 2.22 bits per heavy atom. The van der Waals surface area contributed by atoms with Crippen LogP contribution in [-0.2, 0) is 16.1 Å². The molecule has 8 heteroatoms. The molecule has 4 rings (SSSR count). The van der Waals surface area contributed by atoms with E-state index in [9.17, 15) is 14.4 Å². The summed E-state index contributed by atoms with van der Waals surface area (Å²) in [7, 11) is 1.57. The number of anilines is 1. The summed E-state index contributed by atoms with van der Waals surface area (Å²) in [4.78, 5) is 42.7. The van der Waals surface area contributed by atoms with E-state index >= 15 is 0 Å². The molecule has 0 bridgehead atoms. The number of carbonyl (C=O) groups excluding carboxylic acids is 3. The Bertz CT molecular complexity index is 1230. The molecule has 3 aromatic rings. The summed E-state index contributed by atoms with van der Waals surface area (Å²) in [6.07, 6.45) is 0.764. The van der Waals surface area contributed by atoms with Gasteiger partial charge in [0.1, 0.15) is 17.5 Å². The van der Waals surface area contributed by atoms with Gasteiger partial charge in [-0.25, -0.2) is 4.90 Å². The highest BCUT2D eigenvalue weighted by atomic mass is 35.5. The van der Waals surface area contributed by atoms with Crippen molar-refractivity contribution in [3.8, 4) is 11.5 Å². The Labute approximate surface area is 215 Å². The van der Waals surface area contributed by atoms with Crippen LogP contribution in [0.4, 0.5) is 5.69 Å². The van der Waals surface area contributed by atoms with Crippen LogP contribution in [0.3, 0.4) is 0 Å². The summed E-state index contributed by atoms with van der Waals surface area (Å²) in [5.74, 6) is 0.169. The monoisotopic (exact) mass is 506 g/mol. The third-order valence-electron chi connectivity index (χ3n) is 5.93. The molecule has 0 radical (unpaired) electrons. The molecule has 7 nitrogen and oxygen atoms in total. The summed E-state index contributed by atoms with van der Waals surface area (Å²) < 4.78 is 10.8. The smallest absolute Gasteiger partial charge is 0.257 e. The Balaban J connectivity index is 1.62. The highest BCUT2D eigenvalue weighted by Gasteiger charge is 2.44. The summed E-state index contributed by atoms with van der Waals surface area (Å²) in [5.41, 5.74) is 1.62. The van der Waals surface area contributed by atoms with Gasteiger partial charge in [-0.2, -0.15) is 0 Å². The minimum Gasteiger partial charge on any atom is -0.497 e. The van der Waals surface area contributed by atoms with Crippen LogP contribution >= 0.6 is 11.6 Å². The summed E-state index contributed by atoms with van der Waals surface area (Å²) in [6.45, 7) is 2.74. The van der Waals surface area contributed by atoms with E-state index in [0.717, 1.165) is 16.9 Å². The quantitative estimate of drug-likeness (QED) is 0.377. The molecule has 1 unspecified atom stereocenters. The molecule has 36 heavy (non-hydrogen) atoms. The first-order chi connectivity index (χ1) is 17.4. The number of imide groups is 1. The number of rotatable bonds is 9. The number of ether oxygens (including phenoxy) is 2. The summed E-state index contributed by atoms with van der Waals surface area (Å²) in [6, 6.07) is 19.6. The number of benzene rings is 3. The van der Waals surface area contributed by atoms with Crippen molar-refractivity contribution in [3.63, 3.8) is 0 Å². The molecule has 0 N–H and O–H groups in total. The maximum Gasteiger partial charge on any atom is 0.257 e. The molecule has 1 fully saturated rings. The molecule has 0 aromatic heterocycles. The average molecular weight is 507 g/mol. The molecule has 3 amide bonds. The number of amides is 3. The Kier molecular flexibility index (Phi) is 7.90. The van der Waals surface area contributed by atoms with E-state index in [0.29, 0.717) is 34.4 Å². The third-order valence-corrected chi connectivity index (χ3v) is 6.18. The Morgan fingerprint density at radius 1 is 0.972 bits per heavy atom. The Hall–Kier alpha value is -3.84. The minimum atomic E-state index is -0.946. The second-order valence-electron chi connectivity index (χ2n) is 8.42. The fourth-order valence-electron chi connectivity index (χ4n) is 4.05. The van der Waals surface area contributed by atoms with E-state index in [1.54, 1.807) is 67.8 Å². The van der Waals surface area contributed by atoms with Gasteiger partial charge < -0.3 is 14.4 Å². The van der Waals surface area contributed by atoms with Crippen molar-refractivity contribution < 1.29 is 23.9 Å². The van der Waals surface area contributed by atoms with Gasteiger partial charge in [0.05, 0.1) is 25.8 Å². The van der Waals surface area contributed by atoms with Gasteiger partial charge in [-0.1, -0.05) is 30.7 Å². The molecule has 0 spiro atoms. The summed E-state index contributed by atoms with van der Waals surface area (Å²) >= 11 is 6.00. The lowest BCUT2D eigenvalue weighted by atomic mass is 10.1. The number of nitrogens with zero attached hydrogens (tertiary/aromatic N) is 2. The number of hydrogen-bond donors (Lipinski definition) is 0. The number of halogens is 1. The standard InChI is InChI=1S/C28H27ClN2O5/c1-3-16-36-24-14-10-22(11-15-24)31-26(32)17-25(28(31)34)30(18-19-4-12-23(35-2)13-5-19)27(33)20-6-8-21(29)9-7-20/h4-15,25H,3,16-18H2,1-2H3. The van der Waals surface area contributed by atoms with Crippen LogP contribution in [-0.4, -0.2) is 42.4 Å². The largest absolute Gasteiger partial charge is 0.497 e. The number of carbonyl (C=O) groups is 3. The maximum atomic E-state index is 13.6. The normalized spacial score (nSPS) is 15.2. The predicted molar refractivity (Wildman–Crippen MR) is 137 cm³/mol. The van der Waals surface area contributed by atoms with Crippen LogP contribution in [0.25, 0.3) is 0 Å². The highest BCUT2D eigenvalue weighted by molar-refractivity contribution is 6.30. The predicted octanol–water partition coefficient (Wildman–Crippen LogP) is 5.11. The van der Waals surface area contributed by atoms with Crippen molar-refractivity contribution in [1.82, 2.24) is 4.90 Å². The van der Waals surface area contributed by atoms with Gasteiger partial charge in [-0.3, -0.25) is 14.4 Å². The topological polar surface area (TPSA) is 76.2 Å². The van der Waals surface area contributed by atoms with Gasteiger partial charge in [-0.15, -0.1) is 0 Å². The second-order valence-corrected chi connectivity index (χ2v) is 8.85. The maximum absolute atomic E-state index is 13.6. The lowest BCUT2D eigenvalue weighted by Gasteiger charge is -2.28. The third kappa shape index (κ3) is 5.52. The van der Waals surface area contributed by atoms with E-state index in [1.165, 1.54) is 4.90 Å². The molecule has 1 aliphatic heterocycles. The minimum absolute atomic E-state index is 0.109. The number of methoxy groups -OCH3 is 1. The van der Waals surface area contributed by atoms with Crippen molar-refractivity contribution in [2.24, 2.45) is 0 Å². The van der Waals surface area contributed by atoms with Crippen LogP contribution in [0.1, 0.15) is 35.7 Å². The molecule has 0 saturated carbocycles. The van der Waals surface area contributed by atoms with Crippen LogP contribution in [0.2, 0.25) is 5.02 Å². The zero-order chi connectivity index (χ0) is 25.7. The highest BCUT2D eigenvalue weighted by Crippen LogP contribution is 2.29. The second kappa shape index (κ2) is 11.3. The van der Waals surface area contributed by atoms with Crippen molar-refractivity contribution in [1.29, 1.82) is 0 Å². The van der Waals surface area contributed by atoms with E-state index in [2.05, 4.69) is 0 Å². The van der Waals surface area contributed by atoms with Gasteiger partial charge in [0, 0.05) is 17.1 Å². The molecular weight excluding hydrogens is 480 g/mol. The van der Waals surface area contributed by atoms with Crippen LogP contribution in [0.15, 0.2) is 72.8 Å². The SMILES string of the molecule is CCCOc1ccc(N2C(=O)CC(N(Cc3ccc(OC)cc3)C(=O)c3ccc(Cl)cc3)C2=O)cc1. The fraction of sp³-hybridized carbons (Fsp3) is 0.250. The summed E-state index contributed by atoms with van der Waals surface area (Å²) in [5, 5.41) is 0.498.